The van der Waals surface area contributed by atoms with Gasteiger partial charge in [0.05, 0.1) is 98.4 Å². The standard InChI is InChI=1S/C35H34F3N3O5S.2C33H30F3N3O6/c1-18-13-23(15-24(14-18)35(36,37)38)30-21(4)41(34(44)46-30)17-27-25(8-10-29(39-27)40-11-6-12-40)26-16-22(7-9-28(26)45-5)31-19(2)20(3)32(47-31)33(42)43;1-18-13-21(15-22(14-18)33(34,35)36)30-19(2)39(32(42)45-30)17-25-23(6-10-29(37-25)38-11-4-12-38)24-16-20(5-7-27(24)43-3)26-8-9-28(44-26)31(40)41;1-18-11-21(13-23(12-18)33(34,35)36)30-19(2)39(32(42)45-30)16-26-24(6-8-29(37-26)38-9-4-10-38)25-14-20(5-7-27(25)43-3)28-15-22(17-44-28)31(40)41/h7-10,13-16,21,30H,6,11-12,17H2,1-5H3,(H,42,43);5-10,13-16,19,30H,4,11-12,17H2,1-3H3,(H,40,41);5-8,11-15,17,19,30H,4,9-10,16H2,1-3H3,(H,40,41)/t21-,30-;2*19-,30-/m000/s1. The Morgan fingerprint density at radius 1 is 0.409 bits per heavy atom. The predicted molar refractivity (Wildman–Crippen MR) is 489 cm³/mol. The van der Waals surface area contributed by atoms with Crippen LogP contribution in [0.2, 0.25) is 0 Å². The smallest absolute Gasteiger partial charge is 0.416 e. The second-order valence-electron chi connectivity index (χ2n) is 34.5. The number of aromatic nitrogens is 3. The largest absolute Gasteiger partial charge is 0.496 e. The molecule has 0 saturated carbocycles. The van der Waals surface area contributed by atoms with E-state index in [-0.39, 0.29) is 52.5 Å². The van der Waals surface area contributed by atoms with Crippen molar-refractivity contribution in [3.8, 4) is 83.7 Å². The maximum Gasteiger partial charge on any atom is 0.416 e. The Morgan fingerprint density at radius 3 is 1.06 bits per heavy atom. The number of aromatic carboxylic acids is 3. The molecule has 6 aromatic carbocycles. The van der Waals surface area contributed by atoms with Crippen LogP contribution in [0.25, 0.3) is 66.5 Å². The molecular formula is C101H94F9N9O17S. The van der Waals surface area contributed by atoms with E-state index < -0.39 is 108 Å². The molecule has 6 aromatic heterocycles. The van der Waals surface area contributed by atoms with E-state index >= 15 is 0 Å². The van der Waals surface area contributed by atoms with E-state index in [1.807, 2.05) is 61.5 Å². The first-order valence-electron chi connectivity index (χ1n) is 43.9. The lowest BCUT2D eigenvalue weighted by Crippen LogP contribution is -2.38. The molecule has 36 heteroatoms. The van der Waals surface area contributed by atoms with Crippen molar-refractivity contribution >= 4 is 65.0 Å². The number of benzene rings is 6. The van der Waals surface area contributed by atoms with Gasteiger partial charge in [0.2, 0.25) is 5.76 Å². The molecule has 12 heterocycles. The molecular weight excluding hydrogens is 1810 g/mol. The van der Waals surface area contributed by atoms with Gasteiger partial charge in [-0.2, -0.15) is 39.5 Å². The molecule has 6 aliphatic heterocycles. The number of carbonyl (C=O) groups is 6. The number of aryl methyl sites for hydroxylation is 3. The van der Waals surface area contributed by atoms with Crippen LogP contribution >= 0.6 is 11.3 Å². The number of alkyl halides is 9. The first-order chi connectivity index (χ1) is 65.1. The van der Waals surface area contributed by atoms with Crippen molar-refractivity contribution in [3.05, 3.63) is 265 Å². The maximum atomic E-state index is 13.6. The number of hydrogen-bond acceptors (Lipinski definition) is 21. The average molecular weight is 1910 g/mol. The molecule has 0 spiro atoms. The van der Waals surface area contributed by atoms with Gasteiger partial charge in [-0.3, -0.25) is 14.7 Å². The predicted octanol–water partition coefficient (Wildman–Crippen LogP) is 23.1. The monoisotopic (exact) mass is 1910 g/mol. The number of carboxylic acids is 3. The van der Waals surface area contributed by atoms with E-state index in [2.05, 4.69) is 14.7 Å². The molecule has 6 saturated heterocycles. The number of rotatable bonds is 24. The lowest BCUT2D eigenvalue weighted by Gasteiger charge is -2.33. The fourth-order valence-electron chi connectivity index (χ4n) is 17.6. The van der Waals surface area contributed by atoms with E-state index in [0.717, 1.165) is 128 Å². The van der Waals surface area contributed by atoms with Crippen LogP contribution in [0, 0.1) is 34.6 Å². The minimum Gasteiger partial charge on any atom is -0.496 e. The molecule has 714 valence electrons. The summed E-state index contributed by atoms with van der Waals surface area (Å²) in [6.07, 6.45) is -14.1. The first-order valence-corrected chi connectivity index (χ1v) is 44.7. The van der Waals surface area contributed by atoms with Gasteiger partial charge in [-0.25, -0.2) is 43.7 Å². The van der Waals surface area contributed by atoms with Crippen LogP contribution in [-0.2, 0) is 52.4 Å². The van der Waals surface area contributed by atoms with Crippen LogP contribution < -0.4 is 28.9 Å². The molecule has 6 aliphatic rings. The third-order valence-corrected chi connectivity index (χ3v) is 26.9. The van der Waals surface area contributed by atoms with Crippen LogP contribution in [0.4, 0.5) is 71.4 Å². The van der Waals surface area contributed by atoms with Gasteiger partial charge in [-0.1, -0.05) is 34.9 Å². The Labute approximate surface area is 784 Å². The third kappa shape index (κ3) is 19.8. The van der Waals surface area contributed by atoms with Crippen molar-refractivity contribution in [2.24, 2.45) is 0 Å². The summed E-state index contributed by atoms with van der Waals surface area (Å²) in [7, 11) is 4.61. The highest BCUT2D eigenvalue weighted by Crippen LogP contribution is 2.49. The summed E-state index contributed by atoms with van der Waals surface area (Å²) < 4.78 is 168. The van der Waals surface area contributed by atoms with Gasteiger partial charge >= 0.3 is 54.7 Å². The molecule has 3 amide bonds. The summed E-state index contributed by atoms with van der Waals surface area (Å²) in [5.41, 5.74) is 8.87. The molecule has 0 bridgehead atoms. The van der Waals surface area contributed by atoms with Crippen LogP contribution in [0.15, 0.2) is 179 Å². The van der Waals surface area contributed by atoms with Crippen molar-refractivity contribution in [3.63, 3.8) is 0 Å². The maximum absolute atomic E-state index is 13.6. The molecule has 6 atom stereocenters. The Hall–Kier alpha value is -14.6. The number of hydrogen-bond donors (Lipinski definition) is 3. The van der Waals surface area contributed by atoms with Crippen LogP contribution in [0.1, 0.15) is 167 Å². The van der Waals surface area contributed by atoms with E-state index in [0.29, 0.717) is 113 Å². The summed E-state index contributed by atoms with van der Waals surface area (Å²) in [6.45, 7) is 18.8. The number of amides is 3. The number of anilines is 3. The molecule has 0 aliphatic carbocycles. The Morgan fingerprint density at radius 2 is 0.759 bits per heavy atom. The number of furan rings is 2. The Kier molecular flexibility index (Phi) is 26.7. The van der Waals surface area contributed by atoms with Gasteiger partial charge in [0.15, 0.2) is 0 Å². The lowest BCUT2D eigenvalue weighted by molar-refractivity contribution is -0.138. The van der Waals surface area contributed by atoms with Crippen molar-refractivity contribution in [2.45, 2.75) is 149 Å². The number of carboxylic acid groups (broad SMARTS) is 3. The summed E-state index contributed by atoms with van der Waals surface area (Å²) in [6, 6.07) is 41.3. The van der Waals surface area contributed by atoms with Crippen molar-refractivity contribution in [2.75, 3.05) is 75.3 Å². The SMILES string of the molecule is COc1ccc(-c2cc(C(=O)O)co2)cc1-c1ccc(N2CCC2)nc1CN1C(=O)O[C@H](c2cc(C)cc(C(F)(F)F)c2)[C@@H]1C.COc1ccc(-c2ccc(C(=O)O)o2)cc1-c1ccc(N2CCC2)nc1CN1C(=O)O[C@H](c2cc(C)cc(C(F)(F)F)c2)[C@@H]1C.COc1ccc(-c2sc(C(=O)O)c(C)c2C)cc1-c1ccc(N2CCC2)nc1CN1C(=O)O[C@H](c2cc(C)cc(C(F)(F)F)c2)[C@@H]1C. The van der Waals surface area contributed by atoms with Crippen molar-refractivity contribution in [1.82, 2.24) is 29.7 Å². The van der Waals surface area contributed by atoms with Crippen molar-refractivity contribution in [1.29, 1.82) is 0 Å². The summed E-state index contributed by atoms with van der Waals surface area (Å²) in [5.74, 6) is 1.03. The lowest BCUT2D eigenvalue weighted by atomic mass is 9.96. The molecule has 137 heavy (non-hydrogen) atoms. The fourth-order valence-corrected chi connectivity index (χ4v) is 18.8. The van der Waals surface area contributed by atoms with Crippen LogP contribution in [0.3, 0.4) is 0 Å². The van der Waals surface area contributed by atoms with E-state index in [1.165, 1.54) is 58.7 Å². The number of pyridine rings is 3. The zero-order valence-corrected chi connectivity index (χ0v) is 76.8. The zero-order chi connectivity index (χ0) is 97.9. The summed E-state index contributed by atoms with van der Waals surface area (Å²) >= 11 is 1.21. The summed E-state index contributed by atoms with van der Waals surface area (Å²) in [5, 5.41) is 28.4. The molecule has 6 fully saturated rings. The van der Waals surface area contributed by atoms with E-state index in [4.69, 9.17) is 52.2 Å². The minimum atomic E-state index is -4.54. The van der Waals surface area contributed by atoms with E-state index in [1.54, 1.807) is 116 Å². The Balaban J connectivity index is 0.000000149. The number of ether oxygens (including phenoxy) is 6. The normalized spacial score (nSPS) is 18.1. The topological polar surface area (TPSA) is 303 Å². The highest BCUT2D eigenvalue weighted by Gasteiger charge is 2.47. The second kappa shape index (κ2) is 38.3. The number of thiophene rings is 1. The van der Waals surface area contributed by atoms with Gasteiger partial charge in [-0.05, 0) is 254 Å². The molecule has 26 nitrogen and oxygen atoms in total. The molecule has 0 unspecified atom stereocenters. The van der Waals surface area contributed by atoms with Crippen LogP contribution in [-0.4, -0.2) is 160 Å². The zero-order valence-electron chi connectivity index (χ0n) is 76.0. The van der Waals surface area contributed by atoms with Gasteiger partial charge in [0.1, 0.15) is 75.7 Å². The summed E-state index contributed by atoms with van der Waals surface area (Å²) in [4.78, 5) is 101. The average Bonchev–Trinajstić information content (AvgIpc) is 1.73. The van der Waals surface area contributed by atoms with Crippen molar-refractivity contribution < 1.29 is 121 Å². The Bertz CT molecular complexity index is 6440. The number of carbonyl (C=O) groups excluding carboxylic acids is 3. The number of cyclic esters (lactones) is 3. The quantitative estimate of drug-likeness (QED) is 0.0374. The molecule has 0 radical (unpaired) electrons. The number of methoxy groups -OCH3 is 3. The number of halogens is 9. The second-order valence-corrected chi connectivity index (χ2v) is 35.5. The van der Waals surface area contributed by atoms with Gasteiger partial charge in [0, 0.05) is 88.7 Å². The van der Waals surface area contributed by atoms with E-state index in [9.17, 15) is 83.6 Å². The molecule has 18 rings (SSSR count). The third-order valence-electron chi connectivity index (χ3n) is 25.4. The molecule has 3 N–H and O–H groups in total. The molecule has 12 aromatic rings. The number of nitrogens with zero attached hydrogens (tertiary/aromatic N) is 9. The fraction of sp³-hybridized carbons (Fsp3) is 0.317. The highest BCUT2D eigenvalue weighted by atomic mass is 32.1. The highest BCUT2D eigenvalue weighted by molar-refractivity contribution is 7.17. The van der Waals surface area contributed by atoms with Gasteiger partial charge in [-0.15, -0.1) is 11.3 Å². The van der Waals surface area contributed by atoms with Crippen LogP contribution in [0.5, 0.6) is 17.2 Å². The first kappa shape index (κ1) is 95.6. The minimum absolute atomic E-state index is 0.00989. The van der Waals surface area contributed by atoms with Gasteiger partial charge in [0.25, 0.3) is 0 Å². The van der Waals surface area contributed by atoms with Gasteiger partial charge < -0.3 is 67.3 Å².